The molecule has 4 nitrogen and oxygen atoms in total. The molecule has 0 aromatic heterocycles. The maximum Gasteiger partial charge on any atom is 0.312 e. The Morgan fingerprint density at radius 1 is 1.10 bits per heavy atom. The first-order valence-electron chi connectivity index (χ1n) is 8.06. The van der Waals surface area contributed by atoms with Gasteiger partial charge in [0, 0.05) is 31.0 Å². The standard InChI is InChI=1S/C16H29BrN2O2/c1-5-7-16(11-17,8-6-2)12-18-9-10-19(13(3)4)15(21)14(18)20/h13H,5-12H2,1-4H3. The number of alkyl halides is 1. The molecular formula is C16H29BrN2O2. The molecule has 0 unspecified atom stereocenters. The minimum atomic E-state index is -0.340. The minimum absolute atomic E-state index is 0.0933. The maximum atomic E-state index is 12.4. The molecule has 1 saturated heterocycles. The normalized spacial score (nSPS) is 17.0. The largest absolute Gasteiger partial charge is 0.332 e. The van der Waals surface area contributed by atoms with Crippen LogP contribution in [-0.2, 0) is 9.59 Å². The van der Waals surface area contributed by atoms with Crippen LogP contribution in [0.15, 0.2) is 0 Å². The number of piperazine rings is 1. The Bertz CT molecular complexity index is 365. The van der Waals surface area contributed by atoms with E-state index in [1.54, 1.807) is 9.80 Å². The SMILES string of the molecule is CCCC(CBr)(CCC)CN1CCN(C(C)C)C(=O)C1=O. The van der Waals surface area contributed by atoms with E-state index < -0.39 is 0 Å². The van der Waals surface area contributed by atoms with Crippen LogP contribution in [0.3, 0.4) is 0 Å². The lowest BCUT2D eigenvalue weighted by molar-refractivity contribution is -0.158. The second-order valence-corrected chi connectivity index (χ2v) is 7.01. The van der Waals surface area contributed by atoms with Gasteiger partial charge in [0.15, 0.2) is 0 Å². The second kappa shape index (κ2) is 8.16. The molecule has 5 heteroatoms. The predicted octanol–water partition coefficient (Wildman–Crippen LogP) is 3.05. The van der Waals surface area contributed by atoms with Gasteiger partial charge in [-0.05, 0) is 32.1 Å². The van der Waals surface area contributed by atoms with Crippen LogP contribution in [0.2, 0.25) is 0 Å². The molecule has 0 saturated carbocycles. The highest BCUT2D eigenvalue weighted by Gasteiger charge is 2.38. The van der Waals surface area contributed by atoms with Crippen LogP contribution < -0.4 is 0 Å². The third-order valence-corrected chi connectivity index (χ3v) is 5.53. The van der Waals surface area contributed by atoms with Crippen molar-refractivity contribution in [3.05, 3.63) is 0 Å². The lowest BCUT2D eigenvalue weighted by Crippen LogP contribution is -2.58. The maximum absolute atomic E-state index is 12.4. The monoisotopic (exact) mass is 360 g/mol. The van der Waals surface area contributed by atoms with Gasteiger partial charge in [-0.1, -0.05) is 42.6 Å². The van der Waals surface area contributed by atoms with Gasteiger partial charge < -0.3 is 9.80 Å². The summed E-state index contributed by atoms with van der Waals surface area (Å²) in [6.07, 6.45) is 4.36. The van der Waals surface area contributed by atoms with Crippen LogP contribution in [-0.4, -0.2) is 52.6 Å². The summed E-state index contributed by atoms with van der Waals surface area (Å²) >= 11 is 3.64. The number of carbonyl (C=O) groups is 2. The molecule has 1 fully saturated rings. The van der Waals surface area contributed by atoms with E-state index in [-0.39, 0.29) is 23.3 Å². The highest BCUT2D eigenvalue weighted by Crippen LogP contribution is 2.33. The van der Waals surface area contributed by atoms with E-state index >= 15 is 0 Å². The summed E-state index contributed by atoms with van der Waals surface area (Å²) in [5.74, 6) is -0.666. The molecule has 0 aliphatic carbocycles. The molecule has 0 atom stereocenters. The lowest BCUT2D eigenvalue weighted by atomic mass is 9.80. The second-order valence-electron chi connectivity index (χ2n) is 6.45. The van der Waals surface area contributed by atoms with Crippen LogP contribution in [0.25, 0.3) is 0 Å². The third kappa shape index (κ3) is 4.44. The molecule has 2 amide bonds. The van der Waals surface area contributed by atoms with Crippen LogP contribution in [0.5, 0.6) is 0 Å². The zero-order valence-corrected chi connectivity index (χ0v) is 15.4. The van der Waals surface area contributed by atoms with Crippen molar-refractivity contribution < 1.29 is 9.59 Å². The molecule has 0 aromatic carbocycles. The van der Waals surface area contributed by atoms with E-state index in [9.17, 15) is 9.59 Å². The first kappa shape index (κ1) is 18.5. The van der Waals surface area contributed by atoms with Gasteiger partial charge in [-0.15, -0.1) is 0 Å². The third-order valence-electron chi connectivity index (χ3n) is 4.34. The number of hydrogen-bond donors (Lipinski definition) is 0. The Balaban J connectivity index is 2.81. The Labute approximate surface area is 137 Å². The van der Waals surface area contributed by atoms with Gasteiger partial charge in [0.25, 0.3) is 0 Å². The Kier molecular flexibility index (Phi) is 7.17. The average Bonchev–Trinajstić information content (AvgIpc) is 2.44. The van der Waals surface area contributed by atoms with Crippen molar-refractivity contribution in [3.63, 3.8) is 0 Å². The van der Waals surface area contributed by atoms with Gasteiger partial charge in [0.2, 0.25) is 0 Å². The van der Waals surface area contributed by atoms with Crippen LogP contribution in [0, 0.1) is 5.41 Å². The van der Waals surface area contributed by atoms with Crippen molar-refractivity contribution in [2.75, 3.05) is 25.0 Å². The fourth-order valence-corrected chi connectivity index (χ4v) is 4.00. The molecule has 1 heterocycles. The topological polar surface area (TPSA) is 40.6 Å². The van der Waals surface area contributed by atoms with Gasteiger partial charge in [0.05, 0.1) is 0 Å². The van der Waals surface area contributed by atoms with Crippen molar-refractivity contribution in [3.8, 4) is 0 Å². The number of rotatable bonds is 8. The average molecular weight is 361 g/mol. The zero-order valence-electron chi connectivity index (χ0n) is 13.8. The van der Waals surface area contributed by atoms with E-state index in [4.69, 9.17) is 0 Å². The number of amides is 2. The highest BCUT2D eigenvalue weighted by atomic mass is 79.9. The van der Waals surface area contributed by atoms with Crippen LogP contribution in [0.1, 0.15) is 53.4 Å². The molecule has 1 aliphatic rings. The van der Waals surface area contributed by atoms with Gasteiger partial charge >= 0.3 is 11.8 Å². The highest BCUT2D eigenvalue weighted by molar-refractivity contribution is 9.09. The first-order chi connectivity index (χ1) is 9.90. The first-order valence-corrected chi connectivity index (χ1v) is 9.18. The smallest absolute Gasteiger partial charge is 0.312 e. The molecule has 21 heavy (non-hydrogen) atoms. The number of hydrogen-bond acceptors (Lipinski definition) is 2. The zero-order chi connectivity index (χ0) is 16.0. The van der Waals surface area contributed by atoms with Crippen molar-refractivity contribution in [1.82, 2.24) is 9.80 Å². The molecule has 0 bridgehead atoms. The summed E-state index contributed by atoms with van der Waals surface area (Å²) in [6.45, 7) is 10.3. The quantitative estimate of drug-likeness (QED) is 0.493. The summed E-state index contributed by atoms with van der Waals surface area (Å²) in [7, 11) is 0. The fraction of sp³-hybridized carbons (Fsp3) is 0.875. The fourth-order valence-electron chi connectivity index (χ4n) is 3.26. The summed E-state index contributed by atoms with van der Waals surface area (Å²) in [6, 6.07) is 0.0933. The Morgan fingerprint density at radius 3 is 2.10 bits per heavy atom. The number of halogens is 1. The molecule has 0 spiro atoms. The van der Waals surface area contributed by atoms with Crippen LogP contribution >= 0.6 is 15.9 Å². The van der Waals surface area contributed by atoms with Gasteiger partial charge in [-0.2, -0.15) is 0 Å². The summed E-state index contributed by atoms with van der Waals surface area (Å²) in [4.78, 5) is 28.0. The Morgan fingerprint density at radius 2 is 1.67 bits per heavy atom. The number of nitrogens with zero attached hydrogens (tertiary/aromatic N) is 2. The molecule has 0 aromatic rings. The van der Waals surface area contributed by atoms with Gasteiger partial charge in [-0.25, -0.2) is 0 Å². The van der Waals surface area contributed by atoms with Crippen molar-refractivity contribution >= 4 is 27.7 Å². The minimum Gasteiger partial charge on any atom is -0.332 e. The van der Waals surface area contributed by atoms with Crippen molar-refractivity contribution in [2.24, 2.45) is 5.41 Å². The summed E-state index contributed by atoms with van der Waals surface area (Å²) in [5, 5.41) is 0.882. The molecule has 122 valence electrons. The van der Waals surface area contributed by atoms with Gasteiger partial charge in [-0.3, -0.25) is 9.59 Å². The summed E-state index contributed by atoms with van der Waals surface area (Å²) in [5.41, 5.74) is 0.0967. The lowest BCUT2D eigenvalue weighted by Gasteiger charge is -2.41. The van der Waals surface area contributed by atoms with E-state index in [0.29, 0.717) is 19.6 Å². The van der Waals surface area contributed by atoms with Gasteiger partial charge in [0.1, 0.15) is 0 Å². The van der Waals surface area contributed by atoms with E-state index in [1.165, 1.54) is 0 Å². The number of carbonyl (C=O) groups excluding carboxylic acids is 2. The van der Waals surface area contributed by atoms with Crippen LogP contribution in [0.4, 0.5) is 0 Å². The molecule has 1 aliphatic heterocycles. The molecule has 0 N–H and O–H groups in total. The van der Waals surface area contributed by atoms with E-state index in [2.05, 4.69) is 29.8 Å². The molecule has 0 radical (unpaired) electrons. The summed E-state index contributed by atoms with van der Waals surface area (Å²) < 4.78 is 0. The molecule has 1 rings (SSSR count). The van der Waals surface area contributed by atoms with Crippen molar-refractivity contribution in [2.45, 2.75) is 59.4 Å². The van der Waals surface area contributed by atoms with E-state index in [1.807, 2.05) is 13.8 Å². The predicted molar refractivity (Wildman–Crippen MR) is 89.5 cm³/mol. The van der Waals surface area contributed by atoms with E-state index in [0.717, 1.165) is 31.0 Å². The van der Waals surface area contributed by atoms with Crippen molar-refractivity contribution in [1.29, 1.82) is 0 Å². The molecular weight excluding hydrogens is 332 g/mol. The Hall–Kier alpha value is -0.580.